The van der Waals surface area contributed by atoms with Gasteiger partial charge in [0.25, 0.3) is 5.91 Å². The van der Waals surface area contributed by atoms with Crippen LogP contribution >= 0.6 is 0 Å². The molecule has 1 amide bonds. The molecule has 2 aromatic rings. The van der Waals surface area contributed by atoms with Crippen LogP contribution in [-0.4, -0.2) is 63.8 Å². The van der Waals surface area contributed by atoms with Crippen molar-refractivity contribution in [3.63, 3.8) is 0 Å². The van der Waals surface area contributed by atoms with E-state index in [1.165, 1.54) is 15.7 Å². The van der Waals surface area contributed by atoms with Gasteiger partial charge in [0.1, 0.15) is 29.3 Å². The summed E-state index contributed by atoms with van der Waals surface area (Å²) in [6.45, 7) is 0. The van der Waals surface area contributed by atoms with Gasteiger partial charge in [-0.1, -0.05) is 12.1 Å². The van der Waals surface area contributed by atoms with Crippen LogP contribution in [0, 0.1) is 11.3 Å². The molecule has 0 radical (unpaired) electrons. The molecular weight excluding hydrogens is 329 g/mol. The number of nitrogens with one attached hydrogen (secondary N) is 1. The molecule has 0 saturated carbocycles. The van der Waals surface area contributed by atoms with Crippen LogP contribution in [0.2, 0.25) is 0 Å². The van der Waals surface area contributed by atoms with Crippen LogP contribution in [0.1, 0.15) is 16.1 Å². The molecule has 0 aliphatic heterocycles. The minimum absolute atomic E-state index is 0.241. The molecule has 1 heterocycles. The summed E-state index contributed by atoms with van der Waals surface area (Å²) >= 11 is 0. The Bertz CT molecular complexity index is 957. The lowest BCUT2D eigenvalue weighted by Crippen LogP contribution is -2.56. The maximum atomic E-state index is 12.4. The van der Waals surface area contributed by atoms with E-state index < -0.39 is 17.2 Å². The third kappa shape index (κ3) is 3.59. The number of nitriles is 1. The van der Waals surface area contributed by atoms with E-state index in [1.54, 1.807) is 40.0 Å². The van der Waals surface area contributed by atoms with Gasteiger partial charge in [-0.05, 0) is 28.7 Å². The van der Waals surface area contributed by atoms with Gasteiger partial charge in [-0.3, -0.25) is 14.6 Å². The molecule has 0 spiro atoms. The standard InChI is InChI=1S/C15H15B4N3O4/c16-9-8(7-3-1-2-6(4-7)5-20)12(17)21-10(11(9)23)13(24)22-15(18,19)14(25)26/h1-4,23H,16-19H2,(H,22,24)(H,25,26). The largest absolute Gasteiger partial charge is 0.506 e. The fourth-order valence-corrected chi connectivity index (χ4v) is 2.57. The van der Waals surface area contributed by atoms with Crippen molar-refractivity contribution in [1.82, 2.24) is 10.3 Å². The summed E-state index contributed by atoms with van der Waals surface area (Å²) in [6, 6.07) is 8.89. The van der Waals surface area contributed by atoms with E-state index in [0.717, 1.165) is 0 Å². The number of aromatic nitrogens is 1. The van der Waals surface area contributed by atoms with Gasteiger partial charge in [0.05, 0.1) is 17.0 Å². The van der Waals surface area contributed by atoms with Crippen molar-refractivity contribution in [2.45, 2.75) is 5.34 Å². The highest BCUT2D eigenvalue weighted by Gasteiger charge is 2.31. The lowest BCUT2D eigenvalue weighted by Gasteiger charge is -2.22. The second kappa shape index (κ2) is 7.00. The molecule has 0 aliphatic rings. The molecule has 11 heteroatoms. The number of carbonyl (C=O) groups excluding carboxylic acids is 1. The van der Waals surface area contributed by atoms with Gasteiger partial charge in [-0.25, -0.2) is 0 Å². The van der Waals surface area contributed by atoms with Crippen LogP contribution in [0.25, 0.3) is 11.1 Å². The molecule has 1 aromatic heterocycles. The molecule has 126 valence electrons. The molecule has 0 atom stereocenters. The quantitative estimate of drug-likeness (QED) is 0.481. The van der Waals surface area contributed by atoms with E-state index in [0.29, 0.717) is 27.7 Å². The molecule has 1 aromatic carbocycles. The number of carboxylic acid groups (broad SMARTS) is 1. The van der Waals surface area contributed by atoms with Crippen LogP contribution in [0.3, 0.4) is 0 Å². The molecule has 0 fully saturated rings. The average molecular weight is 345 g/mol. The molecular formula is C15H15B4N3O4. The molecule has 0 saturated heterocycles. The second-order valence-electron chi connectivity index (χ2n) is 6.47. The number of hydrogen-bond acceptors (Lipinski definition) is 5. The fourth-order valence-electron chi connectivity index (χ4n) is 2.57. The Hall–Kier alpha value is -3.14. The molecule has 7 nitrogen and oxygen atoms in total. The number of nitrogens with zero attached hydrogens (tertiary/aromatic N) is 2. The molecule has 0 bridgehead atoms. The number of aromatic hydroxyl groups is 1. The Labute approximate surface area is 154 Å². The summed E-state index contributed by atoms with van der Waals surface area (Å²) in [5.41, 5.74) is 2.44. The van der Waals surface area contributed by atoms with Crippen molar-refractivity contribution in [3.8, 4) is 22.9 Å². The Balaban J connectivity index is 2.53. The first-order valence-electron chi connectivity index (χ1n) is 7.85. The van der Waals surface area contributed by atoms with Gasteiger partial charge in [-0.2, -0.15) is 5.26 Å². The summed E-state index contributed by atoms with van der Waals surface area (Å²) < 4.78 is 0. The molecule has 26 heavy (non-hydrogen) atoms. The van der Waals surface area contributed by atoms with Crippen molar-refractivity contribution in [2.24, 2.45) is 0 Å². The molecule has 3 N–H and O–H groups in total. The van der Waals surface area contributed by atoms with E-state index in [4.69, 9.17) is 10.4 Å². The third-order valence-electron chi connectivity index (χ3n) is 4.05. The Morgan fingerprint density at radius 3 is 2.50 bits per heavy atom. The zero-order chi connectivity index (χ0) is 19.6. The predicted molar refractivity (Wildman–Crippen MR) is 107 cm³/mol. The van der Waals surface area contributed by atoms with Gasteiger partial charge in [0.15, 0.2) is 13.5 Å². The monoisotopic (exact) mass is 345 g/mol. The Morgan fingerprint density at radius 2 is 1.92 bits per heavy atom. The molecule has 0 unspecified atom stereocenters. The molecule has 0 aliphatic carbocycles. The highest BCUT2D eigenvalue weighted by Crippen LogP contribution is 2.21. The Morgan fingerprint density at radius 1 is 1.27 bits per heavy atom. The predicted octanol–water partition coefficient (Wildman–Crippen LogP) is -4.42. The zero-order valence-electron chi connectivity index (χ0n) is 14.9. The van der Waals surface area contributed by atoms with E-state index in [2.05, 4.69) is 16.4 Å². The maximum Gasteiger partial charge on any atom is 0.311 e. The number of amides is 1. The van der Waals surface area contributed by atoms with Crippen LogP contribution < -0.4 is 16.4 Å². The van der Waals surface area contributed by atoms with Gasteiger partial charge >= 0.3 is 5.97 Å². The molecule has 2 rings (SSSR count). The third-order valence-corrected chi connectivity index (χ3v) is 4.05. The van der Waals surface area contributed by atoms with Crippen molar-refractivity contribution in [2.75, 3.05) is 0 Å². The zero-order valence-corrected chi connectivity index (χ0v) is 14.9. The lowest BCUT2D eigenvalue weighted by atomic mass is 9.62. The van der Waals surface area contributed by atoms with Gasteiger partial charge in [0.2, 0.25) is 0 Å². The van der Waals surface area contributed by atoms with Crippen LogP contribution in [0.5, 0.6) is 5.75 Å². The number of carboxylic acids is 1. The summed E-state index contributed by atoms with van der Waals surface area (Å²) in [5, 5.41) is 29.5. The first-order chi connectivity index (χ1) is 12.1. The van der Waals surface area contributed by atoms with E-state index >= 15 is 0 Å². The summed E-state index contributed by atoms with van der Waals surface area (Å²) in [5.74, 6) is -2.31. The Kier molecular flexibility index (Phi) is 5.17. The summed E-state index contributed by atoms with van der Waals surface area (Å²) in [4.78, 5) is 27.8. The van der Waals surface area contributed by atoms with Crippen molar-refractivity contribution >= 4 is 54.3 Å². The fraction of sp³-hybridized carbons (Fsp3) is 0.0667. The van der Waals surface area contributed by atoms with Gasteiger partial charge < -0.3 is 15.5 Å². The number of carbonyl (C=O) groups is 2. The number of hydrogen-bond donors (Lipinski definition) is 3. The van der Waals surface area contributed by atoms with Gasteiger partial charge in [-0.15, -0.1) is 0 Å². The number of rotatable bonds is 4. The maximum absolute atomic E-state index is 12.4. The first-order valence-corrected chi connectivity index (χ1v) is 7.85. The van der Waals surface area contributed by atoms with Crippen molar-refractivity contribution in [1.29, 1.82) is 5.26 Å². The average Bonchev–Trinajstić information content (AvgIpc) is 2.57. The first kappa shape index (κ1) is 19.2. The van der Waals surface area contributed by atoms with Crippen LogP contribution in [0.15, 0.2) is 24.3 Å². The van der Waals surface area contributed by atoms with E-state index in [1.807, 2.05) is 0 Å². The number of pyridine rings is 1. The smallest absolute Gasteiger partial charge is 0.311 e. The summed E-state index contributed by atoms with van der Waals surface area (Å²) in [7, 11) is 5.99. The highest BCUT2D eigenvalue weighted by molar-refractivity contribution is 6.51. The number of benzene rings is 1. The highest BCUT2D eigenvalue weighted by atomic mass is 16.4. The lowest BCUT2D eigenvalue weighted by molar-refractivity contribution is -0.138. The van der Waals surface area contributed by atoms with Crippen molar-refractivity contribution < 1.29 is 19.8 Å². The summed E-state index contributed by atoms with van der Waals surface area (Å²) in [6.07, 6.45) is 0. The SMILES string of the molecule is Bc1nc(C(=O)NC(B)(B)C(=O)O)c(O)c(B)c1-c1cccc(C#N)c1. The minimum atomic E-state index is -1.51. The van der Waals surface area contributed by atoms with Crippen LogP contribution in [-0.2, 0) is 4.79 Å². The normalized spacial score (nSPS) is 10.7. The van der Waals surface area contributed by atoms with Crippen molar-refractivity contribution in [3.05, 3.63) is 35.5 Å². The van der Waals surface area contributed by atoms with Crippen LogP contribution in [0.4, 0.5) is 0 Å². The number of aliphatic carboxylic acids is 1. The topological polar surface area (TPSA) is 123 Å². The van der Waals surface area contributed by atoms with Gasteiger partial charge in [0, 0.05) is 5.59 Å². The van der Waals surface area contributed by atoms with E-state index in [-0.39, 0.29) is 11.4 Å². The second-order valence-corrected chi connectivity index (χ2v) is 6.47. The van der Waals surface area contributed by atoms with E-state index in [9.17, 15) is 14.7 Å². The minimum Gasteiger partial charge on any atom is -0.506 e.